The summed E-state index contributed by atoms with van der Waals surface area (Å²) in [5.74, 6) is -0.316. The summed E-state index contributed by atoms with van der Waals surface area (Å²) in [7, 11) is 0. The van der Waals surface area contributed by atoms with Crippen molar-refractivity contribution in [2.24, 2.45) is 0 Å². The molecule has 1 N–H and O–H groups in total. The summed E-state index contributed by atoms with van der Waals surface area (Å²) >= 11 is 11.9. The van der Waals surface area contributed by atoms with Crippen LogP contribution in [0.1, 0.15) is 17.5 Å². The number of rotatable bonds is 6. The molecule has 0 saturated heterocycles. The number of carbonyl (C=O) groups excluding carboxylic acids is 1. The molecule has 0 heterocycles. The van der Waals surface area contributed by atoms with Crippen LogP contribution >= 0.6 is 23.2 Å². The number of aryl methyl sites for hydroxylation is 1. The molecule has 2 rings (SSSR count). The fraction of sp³-hybridized carbons (Fsp3) is 0.235. The van der Waals surface area contributed by atoms with Crippen LogP contribution in [0.25, 0.3) is 0 Å². The normalized spacial score (nSPS) is 10.5. The van der Waals surface area contributed by atoms with Crippen LogP contribution < -0.4 is 5.32 Å². The van der Waals surface area contributed by atoms with Crippen molar-refractivity contribution in [3.63, 3.8) is 0 Å². The van der Waals surface area contributed by atoms with Crippen LogP contribution in [0.2, 0.25) is 10.0 Å². The third-order valence-corrected chi connectivity index (χ3v) is 3.85. The maximum Gasteiger partial charge on any atom is 0.220 e. The van der Waals surface area contributed by atoms with Crippen LogP contribution in [0.5, 0.6) is 0 Å². The lowest BCUT2D eigenvalue weighted by Crippen LogP contribution is -2.25. The van der Waals surface area contributed by atoms with Gasteiger partial charge in [-0.3, -0.25) is 4.79 Å². The van der Waals surface area contributed by atoms with Gasteiger partial charge in [-0.05, 0) is 48.2 Å². The molecule has 2 nitrogen and oxygen atoms in total. The summed E-state index contributed by atoms with van der Waals surface area (Å²) in [6, 6.07) is 11.6. The second kappa shape index (κ2) is 8.16. The second-order valence-corrected chi connectivity index (χ2v) is 5.81. The lowest BCUT2D eigenvalue weighted by molar-refractivity contribution is -0.121. The van der Waals surface area contributed by atoms with Crippen LogP contribution in [0.3, 0.4) is 0 Å². The molecule has 2 aromatic rings. The Hall–Kier alpha value is -1.58. The van der Waals surface area contributed by atoms with Crippen LogP contribution in [0.4, 0.5) is 4.39 Å². The number of carbonyl (C=O) groups is 1. The van der Waals surface area contributed by atoms with E-state index in [-0.39, 0.29) is 11.7 Å². The second-order valence-electron chi connectivity index (χ2n) is 4.97. The third-order valence-electron chi connectivity index (χ3n) is 3.26. The molecule has 0 aliphatic carbocycles. The summed E-state index contributed by atoms with van der Waals surface area (Å²) in [6.45, 7) is 0.483. The van der Waals surface area contributed by atoms with Gasteiger partial charge in [-0.1, -0.05) is 41.4 Å². The SMILES string of the molecule is O=C(CCc1ccc(Cl)cc1Cl)NCCc1cccc(F)c1. The van der Waals surface area contributed by atoms with Crippen molar-refractivity contribution in [3.05, 3.63) is 69.5 Å². The molecule has 0 unspecified atom stereocenters. The number of nitrogens with one attached hydrogen (secondary N) is 1. The Kier molecular flexibility index (Phi) is 6.22. The maximum absolute atomic E-state index is 13.0. The predicted molar refractivity (Wildman–Crippen MR) is 87.9 cm³/mol. The predicted octanol–water partition coefficient (Wildman–Crippen LogP) is 4.42. The molecule has 0 aliphatic heterocycles. The molecule has 1 amide bonds. The van der Waals surface area contributed by atoms with Gasteiger partial charge in [-0.15, -0.1) is 0 Å². The van der Waals surface area contributed by atoms with Gasteiger partial charge in [-0.2, -0.15) is 0 Å². The highest BCUT2D eigenvalue weighted by atomic mass is 35.5. The highest BCUT2D eigenvalue weighted by molar-refractivity contribution is 6.35. The molecule has 0 aromatic heterocycles. The van der Waals surface area contributed by atoms with E-state index >= 15 is 0 Å². The third kappa shape index (κ3) is 5.32. The van der Waals surface area contributed by atoms with E-state index in [1.165, 1.54) is 12.1 Å². The van der Waals surface area contributed by atoms with Crippen molar-refractivity contribution < 1.29 is 9.18 Å². The van der Waals surface area contributed by atoms with Crippen LogP contribution in [0.15, 0.2) is 42.5 Å². The minimum atomic E-state index is -0.263. The quantitative estimate of drug-likeness (QED) is 0.828. The van der Waals surface area contributed by atoms with Crippen LogP contribution in [0, 0.1) is 5.82 Å². The van der Waals surface area contributed by atoms with Crippen molar-refractivity contribution in [1.82, 2.24) is 5.32 Å². The Morgan fingerprint density at radius 1 is 1.09 bits per heavy atom. The summed E-state index contributed by atoms with van der Waals surface area (Å²) < 4.78 is 13.0. The van der Waals surface area contributed by atoms with E-state index in [0.717, 1.165) is 11.1 Å². The highest BCUT2D eigenvalue weighted by Crippen LogP contribution is 2.21. The zero-order valence-corrected chi connectivity index (χ0v) is 13.4. The zero-order valence-electron chi connectivity index (χ0n) is 11.9. The Morgan fingerprint density at radius 2 is 1.91 bits per heavy atom. The minimum Gasteiger partial charge on any atom is -0.356 e. The summed E-state index contributed by atoms with van der Waals surface area (Å²) in [4.78, 5) is 11.8. The largest absolute Gasteiger partial charge is 0.356 e. The number of hydrogen-bond acceptors (Lipinski definition) is 1. The maximum atomic E-state index is 13.0. The average molecular weight is 340 g/mol. The number of benzene rings is 2. The number of halogens is 3. The van der Waals surface area contributed by atoms with Gasteiger partial charge in [0.05, 0.1) is 0 Å². The fourth-order valence-electron chi connectivity index (χ4n) is 2.10. The van der Waals surface area contributed by atoms with E-state index in [4.69, 9.17) is 23.2 Å². The molecule has 116 valence electrons. The van der Waals surface area contributed by atoms with E-state index in [0.29, 0.717) is 35.9 Å². The first-order valence-corrected chi connectivity index (χ1v) is 7.75. The van der Waals surface area contributed by atoms with E-state index < -0.39 is 0 Å². The van der Waals surface area contributed by atoms with Gasteiger partial charge in [-0.25, -0.2) is 4.39 Å². The molecule has 0 spiro atoms. The topological polar surface area (TPSA) is 29.1 Å². The zero-order chi connectivity index (χ0) is 15.9. The first-order valence-electron chi connectivity index (χ1n) is 6.99. The molecule has 0 aliphatic rings. The van der Waals surface area contributed by atoms with E-state index in [1.54, 1.807) is 18.2 Å². The van der Waals surface area contributed by atoms with E-state index in [9.17, 15) is 9.18 Å². The van der Waals surface area contributed by atoms with Crippen molar-refractivity contribution in [2.45, 2.75) is 19.3 Å². The van der Waals surface area contributed by atoms with Gasteiger partial charge in [0, 0.05) is 23.0 Å². The van der Waals surface area contributed by atoms with Crippen LogP contribution in [-0.2, 0) is 17.6 Å². The van der Waals surface area contributed by atoms with E-state index in [1.807, 2.05) is 12.1 Å². The van der Waals surface area contributed by atoms with Gasteiger partial charge < -0.3 is 5.32 Å². The Labute approximate surface area is 139 Å². The fourth-order valence-corrected chi connectivity index (χ4v) is 2.60. The lowest BCUT2D eigenvalue weighted by Gasteiger charge is -2.07. The highest BCUT2D eigenvalue weighted by Gasteiger charge is 2.06. The standard InChI is InChI=1S/C17H16Cl2FNO/c18-14-6-4-13(16(19)11-14)5-7-17(22)21-9-8-12-2-1-3-15(20)10-12/h1-4,6,10-11H,5,7-9H2,(H,21,22). The first-order chi connectivity index (χ1) is 10.5. The molecule has 2 aromatic carbocycles. The Morgan fingerprint density at radius 3 is 2.64 bits per heavy atom. The van der Waals surface area contributed by atoms with Crippen molar-refractivity contribution in [3.8, 4) is 0 Å². The lowest BCUT2D eigenvalue weighted by atomic mass is 10.1. The van der Waals surface area contributed by atoms with Gasteiger partial charge in [0.25, 0.3) is 0 Å². The smallest absolute Gasteiger partial charge is 0.220 e. The molecule has 0 atom stereocenters. The molecule has 0 bridgehead atoms. The first kappa shape index (κ1) is 16.8. The van der Waals surface area contributed by atoms with Gasteiger partial charge in [0.15, 0.2) is 0 Å². The van der Waals surface area contributed by atoms with Gasteiger partial charge in [0.2, 0.25) is 5.91 Å². The van der Waals surface area contributed by atoms with Crippen LogP contribution in [-0.4, -0.2) is 12.5 Å². The molecular formula is C17H16Cl2FNO. The Balaban J connectivity index is 1.74. The summed E-state index contributed by atoms with van der Waals surface area (Å²) in [6.07, 6.45) is 1.51. The summed E-state index contributed by atoms with van der Waals surface area (Å²) in [5.41, 5.74) is 1.76. The average Bonchev–Trinajstić information content (AvgIpc) is 2.46. The number of hydrogen-bond donors (Lipinski definition) is 1. The molecule has 0 fully saturated rings. The molecule has 22 heavy (non-hydrogen) atoms. The van der Waals surface area contributed by atoms with Gasteiger partial charge >= 0.3 is 0 Å². The summed E-state index contributed by atoms with van der Waals surface area (Å²) in [5, 5.41) is 3.97. The minimum absolute atomic E-state index is 0.0533. The van der Waals surface area contributed by atoms with Gasteiger partial charge in [0.1, 0.15) is 5.82 Å². The van der Waals surface area contributed by atoms with Crippen molar-refractivity contribution in [1.29, 1.82) is 0 Å². The van der Waals surface area contributed by atoms with Crippen molar-refractivity contribution in [2.75, 3.05) is 6.54 Å². The van der Waals surface area contributed by atoms with Crippen molar-refractivity contribution >= 4 is 29.1 Å². The Bertz CT molecular complexity index is 661. The number of amides is 1. The monoisotopic (exact) mass is 339 g/mol. The molecule has 0 saturated carbocycles. The van der Waals surface area contributed by atoms with E-state index in [2.05, 4.69) is 5.32 Å². The molecular weight excluding hydrogens is 324 g/mol. The molecule has 5 heteroatoms. The molecule has 0 radical (unpaired) electrons.